The molecule has 25 heavy (non-hydrogen) atoms. The lowest BCUT2D eigenvalue weighted by atomic mass is 9.84. The van der Waals surface area contributed by atoms with Crippen molar-refractivity contribution in [1.82, 2.24) is 15.5 Å². The summed E-state index contributed by atoms with van der Waals surface area (Å²) in [6.45, 7) is 8.67. The highest BCUT2D eigenvalue weighted by atomic mass is 19.1. The van der Waals surface area contributed by atoms with E-state index in [9.17, 15) is 14.0 Å². The molecule has 0 saturated carbocycles. The Balaban J connectivity index is 2.30. The molecule has 0 aliphatic rings. The van der Waals surface area contributed by atoms with Crippen molar-refractivity contribution >= 4 is 11.7 Å². The van der Waals surface area contributed by atoms with E-state index < -0.39 is 17.2 Å². The number of carbonyl (C=O) groups is 2. The third kappa shape index (κ3) is 4.10. The minimum absolute atomic E-state index is 0.128. The van der Waals surface area contributed by atoms with Gasteiger partial charge >= 0.3 is 0 Å². The van der Waals surface area contributed by atoms with Crippen LogP contribution in [0, 0.1) is 11.7 Å². The molecule has 0 saturated heterocycles. The maximum absolute atomic E-state index is 13.1. The lowest BCUT2D eigenvalue weighted by Crippen LogP contribution is -2.43. The monoisotopic (exact) mass is 347 g/mol. The van der Waals surface area contributed by atoms with Crippen molar-refractivity contribution in [2.75, 3.05) is 0 Å². The maximum atomic E-state index is 13.1. The van der Waals surface area contributed by atoms with E-state index in [1.807, 2.05) is 27.7 Å². The van der Waals surface area contributed by atoms with Crippen LogP contribution in [0.2, 0.25) is 0 Å². The molecule has 0 unspecified atom stereocenters. The van der Waals surface area contributed by atoms with Crippen LogP contribution in [0.25, 0.3) is 0 Å². The molecule has 1 heterocycles. The van der Waals surface area contributed by atoms with E-state index in [1.54, 1.807) is 12.1 Å². The van der Waals surface area contributed by atoms with Crippen LogP contribution in [0.15, 0.2) is 28.7 Å². The molecule has 0 fully saturated rings. The summed E-state index contributed by atoms with van der Waals surface area (Å²) in [6, 6.07) is 5.24. The summed E-state index contributed by atoms with van der Waals surface area (Å²) >= 11 is 0. The molecule has 0 spiro atoms. The van der Waals surface area contributed by atoms with Gasteiger partial charge in [-0.1, -0.05) is 26.0 Å². The van der Waals surface area contributed by atoms with E-state index in [1.165, 1.54) is 19.1 Å². The van der Waals surface area contributed by atoms with E-state index in [-0.39, 0.29) is 29.4 Å². The molecule has 0 radical (unpaired) electrons. The van der Waals surface area contributed by atoms with Gasteiger partial charge in [-0.25, -0.2) is 4.39 Å². The number of hydrogen-bond acceptors (Lipinski definition) is 5. The molecule has 1 amide bonds. The van der Waals surface area contributed by atoms with Gasteiger partial charge in [0.1, 0.15) is 5.82 Å². The topological polar surface area (TPSA) is 85.1 Å². The van der Waals surface area contributed by atoms with Crippen molar-refractivity contribution in [3.8, 4) is 0 Å². The fraction of sp³-hybridized carbons (Fsp3) is 0.444. The highest BCUT2D eigenvalue weighted by Crippen LogP contribution is 2.30. The van der Waals surface area contributed by atoms with Crippen LogP contribution in [0.1, 0.15) is 56.8 Å². The van der Waals surface area contributed by atoms with Crippen LogP contribution in [0.5, 0.6) is 0 Å². The van der Waals surface area contributed by atoms with Crippen LogP contribution in [0.4, 0.5) is 4.39 Å². The molecule has 2 aromatic rings. The summed E-state index contributed by atoms with van der Waals surface area (Å²) in [4.78, 5) is 23.9. The smallest absolute Gasteiger partial charge is 0.286 e. The predicted molar refractivity (Wildman–Crippen MR) is 89.6 cm³/mol. The molecule has 0 bridgehead atoms. The van der Waals surface area contributed by atoms with Gasteiger partial charge in [0, 0.05) is 6.92 Å². The number of hydrogen-bond donors (Lipinski definition) is 1. The Hall–Kier alpha value is -2.57. The van der Waals surface area contributed by atoms with E-state index >= 15 is 0 Å². The molecule has 2 rings (SSSR count). The van der Waals surface area contributed by atoms with Crippen LogP contribution < -0.4 is 5.32 Å². The van der Waals surface area contributed by atoms with Gasteiger partial charge in [-0.3, -0.25) is 9.59 Å². The highest BCUT2D eigenvalue weighted by Gasteiger charge is 2.33. The lowest BCUT2D eigenvalue weighted by Gasteiger charge is -2.21. The fourth-order valence-corrected chi connectivity index (χ4v) is 2.45. The molecule has 0 aliphatic heterocycles. The van der Waals surface area contributed by atoms with Gasteiger partial charge in [-0.05, 0) is 37.5 Å². The van der Waals surface area contributed by atoms with Crippen molar-refractivity contribution in [2.24, 2.45) is 5.92 Å². The van der Waals surface area contributed by atoms with Crippen LogP contribution >= 0.6 is 0 Å². The first kappa shape index (κ1) is 18.8. The fourth-order valence-electron chi connectivity index (χ4n) is 2.45. The Bertz CT molecular complexity index is 766. The Labute approximate surface area is 145 Å². The molecule has 6 nitrogen and oxygen atoms in total. The number of benzene rings is 1. The van der Waals surface area contributed by atoms with Crippen molar-refractivity contribution in [3.05, 3.63) is 47.4 Å². The summed E-state index contributed by atoms with van der Waals surface area (Å²) in [6.07, 6.45) is 0. The van der Waals surface area contributed by atoms with Crippen LogP contribution in [-0.4, -0.2) is 27.9 Å². The molecular formula is C18H22FN3O3. The zero-order chi connectivity index (χ0) is 18.8. The van der Waals surface area contributed by atoms with Crippen molar-refractivity contribution in [3.63, 3.8) is 0 Å². The number of ketones is 1. The van der Waals surface area contributed by atoms with E-state index in [0.29, 0.717) is 0 Å². The quantitative estimate of drug-likeness (QED) is 0.812. The van der Waals surface area contributed by atoms with Crippen molar-refractivity contribution < 1.29 is 18.4 Å². The summed E-state index contributed by atoms with van der Waals surface area (Å²) in [5.74, 6) is -1.12. The average molecular weight is 347 g/mol. The summed E-state index contributed by atoms with van der Waals surface area (Å²) in [7, 11) is 0. The second kappa shape index (κ2) is 7.13. The molecule has 0 aliphatic carbocycles. The van der Waals surface area contributed by atoms with Gasteiger partial charge in [0.2, 0.25) is 17.6 Å². The molecule has 1 N–H and O–H groups in total. The molecule has 134 valence electrons. The Morgan fingerprint density at radius 1 is 1.16 bits per heavy atom. The summed E-state index contributed by atoms with van der Waals surface area (Å²) in [5.41, 5.74) is 0.0828. The third-order valence-corrected chi connectivity index (χ3v) is 4.04. The standard InChI is InChI=1S/C18H22FN3O3/c1-10(2)14(20-11(3)23)15(24)16-21-22-17(25-16)18(4,5)12-6-8-13(19)9-7-12/h6-10,14H,1-5H3,(H,20,23)/t14-/m1/s1. The normalized spacial score (nSPS) is 12.9. The van der Waals surface area contributed by atoms with E-state index in [0.717, 1.165) is 5.56 Å². The zero-order valence-corrected chi connectivity index (χ0v) is 15.0. The van der Waals surface area contributed by atoms with E-state index in [4.69, 9.17) is 4.42 Å². The van der Waals surface area contributed by atoms with Gasteiger partial charge in [-0.15, -0.1) is 10.2 Å². The predicted octanol–water partition coefficient (Wildman–Crippen LogP) is 2.88. The Kier molecular flexibility index (Phi) is 5.35. The number of halogens is 1. The number of nitrogens with zero attached hydrogens (tertiary/aromatic N) is 2. The highest BCUT2D eigenvalue weighted by molar-refractivity contribution is 5.98. The summed E-state index contributed by atoms with van der Waals surface area (Å²) < 4.78 is 18.7. The first-order valence-electron chi connectivity index (χ1n) is 8.04. The second-order valence-corrected chi connectivity index (χ2v) is 6.83. The third-order valence-electron chi connectivity index (χ3n) is 4.04. The van der Waals surface area contributed by atoms with Gasteiger partial charge < -0.3 is 9.73 Å². The molecule has 1 aromatic heterocycles. The minimum atomic E-state index is -0.736. The Morgan fingerprint density at radius 3 is 2.28 bits per heavy atom. The molecule has 7 heteroatoms. The lowest BCUT2D eigenvalue weighted by molar-refractivity contribution is -0.119. The number of Topliss-reactive ketones (excluding diaryl/α,β-unsaturated/α-hetero) is 1. The van der Waals surface area contributed by atoms with Crippen LogP contribution in [0.3, 0.4) is 0 Å². The van der Waals surface area contributed by atoms with E-state index in [2.05, 4.69) is 15.5 Å². The minimum Gasteiger partial charge on any atom is -0.417 e. The summed E-state index contributed by atoms with van der Waals surface area (Å²) in [5, 5.41) is 10.4. The van der Waals surface area contributed by atoms with Crippen molar-refractivity contribution in [1.29, 1.82) is 0 Å². The molecule has 1 atom stereocenters. The first-order chi connectivity index (χ1) is 11.6. The largest absolute Gasteiger partial charge is 0.417 e. The maximum Gasteiger partial charge on any atom is 0.286 e. The van der Waals surface area contributed by atoms with Crippen LogP contribution in [-0.2, 0) is 10.2 Å². The molecular weight excluding hydrogens is 325 g/mol. The number of amides is 1. The van der Waals surface area contributed by atoms with Gasteiger partial charge in [0.15, 0.2) is 0 Å². The van der Waals surface area contributed by atoms with Gasteiger partial charge in [0.05, 0.1) is 11.5 Å². The number of aromatic nitrogens is 2. The van der Waals surface area contributed by atoms with Crippen molar-refractivity contribution in [2.45, 2.75) is 46.1 Å². The zero-order valence-electron chi connectivity index (χ0n) is 15.0. The SMILES string of the molecule is CC(=O)N[C@@H](C(=O)c1nnc(C(C)(C)c2ccc(F)cc2)o1)C(C)C. The first-order valence-corrected chi connectivity index (χ1v) is 8.04. The number of rotatable bonds is 6. The Morgan fingerprint density at radius 2 is 1.76 bits per heavy atom. The van der Waals surface area contributed by atoms with Gasteiger partial charge in [0.25, 0.3) is 5.89 Å². The number of nitrogens with one attached hydrogen (secondary N) is 1. The van der Waals surface area contributed by atoms with Gasteiger partial charge in [-0.2, -0.15) is 0 Å². The second-order valence-electron chi connectivity index (χ2n) is 6.83. The number of carbonyl (C=O) groups excluding carboxylic acids is 2. The molecule has 1 aromatic carbocycles. The average Bonchev–Trinajstić information content (AvgIpc) is 3.02.